The zero-order valence-electron chi connectivity index (χ0n) is 14.6. The first-order chi connectivity index (χ1) is 12.7. The number of ether oxygens (including phenoxy) is 2. The first kappa shape index (κ1) is 18.3. The molecule has 2 aromatic rings. The third-order valence-corrected chi connectivity index (χ3v) is 4.26. The highest BCUT2D eigenvalue weighted by molar-refractivity contribution is 6.32. The minimum Gasteiger partial charge on any atom is -0.495 e. The van der Waals surface area contributed by atoms with Crippen molar-refractivity contribution in [3.63, 3.8) is 0 Å². The van der Waals surface area contributed by atoms with Crippen LogP contribution in [-0.4, -0.2) is 44.4 Å². The number of nitrogens with one attached hydrogen (secondary N) is 1. The summed E-state index contributed by atoms with van der Waals surface area (Å²) in [5, 5.41) is 3.52. The fraction of sp³-hybridized carbons (Fsp3) is 0.333. The number of nitrogens with zero attached hydrogens (tertiary/aromatic N) is 3. The first-order valence-electron chi connectivity index (χ1n) is 8.35. The average Bonchev–Trinajstić information content (AvgIpc) is 2.67. The van der Waals surface area contributed by atoms with Crippen LogP contribution in [0, 0.1) is 0 Å². The van der Waals surface area contributed by atoms with Crippen LogP contribution in [0.1, 0.15) is 5.69 Å². The molecule has 1 aliphatic rings. The molecule has 1 fully saturated rings. The molecule has 3 rings (SSSR count). The van der Waals surface area contributed by atoms with Crippen molar-refractivity contribution in [3.8, 4) is 5.75 Å². The number of halogens is 1. The maximum Gasteiger partial charge on any atom is 0.193 e. The van der Waals surface area contributed by atoms with Gasteiger partial charge in [-0.3, -0.25) is 0 Å². The highest BCUT2D eigenvalue weighted by Gasteiger charge is 2.12. The standard InChI is InChI=1S/C18H22ClN5O2/c1-25-16-6-5-13(11-15(16)19)23-18(20)21-12-14-3-2-4-17(22-14)24-7-9-26-10-8-24/h2-6,11H,7-10,12H2,1H3,(H3,20,21,23). The van der Waals surface area contributed by atoms with Crippen molar-refractivity contribution in [1.29, 1.82) is 0 Å². The van der Waals surface area contributed by atoms with Crippen LogP contribution < -0.4 is 20.7 Å². The van der Waals surface area contributed by atoms with Gasteiger partial charge in [-0.1, -0.05) is 17.7 Å². The van der Waals surface area contributed by atoms with Crippen LogP contribution in [0.15, 0.2) is 41.4 Å². The normalized spacial score (nSPS) is 15.0. The zero-order valence-corrected chi connectivity index (χ0v) is 15.4. The maximum atomic E-state index is 6.11. The van der Waals surface area contributed by atoms with Crippen LogP contribution in [0.4, 0.5) is 11.5 Å². The number of aromatic nitrogens is 1. The lowest BCUT2D eigenvalue weighted by Gasteiger charge is -2.27. The Kier molecular flexibility index (Phi) is 6.14. The van der Waals surface area contributed by atoms with Crippen molar-refractivity contribution >= 4 is 29.1 Å². The molecule has 0 atom stereocenters. The second-order valence-electron chi connectivity index (χ2n) is 5.76. The summed E-state index contributed by atoms with van der Waals surface area (Å²) < 4.78 is 10.5. The van der Waals surface area contributed by atoms with E-state index in [1.165, 1.54) is 0 Å². The van der Waals surface area contributed by atoms with Gasteiger partial charge in [-0.15, -0.1) is 0 Å². The lowest BCUT2D eigenvalue weighted by molar-refractivity contribution is 0.122. The van der Waals surface area contributed by atoms with Gasteiger partial charge < -0.3 is 25.4 Å². The minimum atomic E-state index is 0.296. The fourth-order valence-corrected chi connectivity index (χ4v) is 2.88. The Morgan fingerprint density at radius 1 is 1.35 bits per heavy atom. The SMILES string of the molecule is COc1ccc(NC(N)=NCc2cccc(N3CCOCC3)n2)cc1Cl. The number of guanidine groups is 1. The van der Waals surface area contributed by atoms with Gasteiger partial charge in [-0.05, 0) is 30.3 Å². The number of aliphatic imine (C=N–C) groups is 1. The van der Waals surface area contributed by atoms with Crippen LogP contribution >= 0.6 is 11.6 Å². The van der Waals surface area contributed by atoms with E-state index in [0.29, 0.717) is 23.3 Å². The van der Waals surface area contributed by atoms with E-state index in [4.69, 9.17) is 26.8 Å². The van der Waals surface area contributed by atoms with Crippen molar-refractivity contribution in [2.45, 2.75) is 6.54 Å². The highest BCUT2D eigenvalue weighted by Crippen LogP contribution is 2.27. The van der Waals surface area contributed by atoms with Crippen LogP contribution in [0.3, 0.4) is 0 Å². The molecular formula is C18H22ClN5O2. The van der Waals surface area contributed by atoms with E-state index < -0.39 is 0 Å². The Bertz CT molecular complexity index is 778. The molecule has 0 amide bonds. The summed E-state index contributed by atoms with van der Waals surface area (Å²) in [6.45, 7) is 3.54. The van der Waals surface area contributed by atoms with Gasteiger partial charge in [0.2, 0.25) is 0 Å². The minimum absolute atomic E-state index is 0.296. The van der Waals surface area contributed by atoms with E-state index in [-0.39, 0.29) is 0 Å². The Hall–Kier alpha value is -2.51. The molecule has 3 N–H and O–H groups in total. The number of benzene rings is 1. The predicted molar refractivity (Wildman–Crippen MR) is 104 cm³/mol. The largest absolute Gasteiger partial charge is 0.495 e. The van der Waals surface area contributed by atoms with Crippen molar-refractivity contribution in [2.24, 2.45) is 10.7 Å². The van der Waals surface area contributed by atoms with E-state index in [1.54, 1.807) is 19.2 Å². The Labute approximate surface area is 157 Å². The first-order valence-corrected chi connectivity index (χ1v) is 8.72. The Balaban J connectivity index is 1.62. The Morgan fingerprint density at radius 2 is 2.15 bits per heavy atom. The van der Waals surface area contributed by atoms with E-state index >= 15 is 0 Å². The number of methoxy groups -OCH3 is 1. The molecule has 1 aromatic carbocycles. The Morgan fingerprint density at radius 3 is 2.88 bits per heavy atom. The smallest absolute Gasteiger partial charge is 0.193 e. The van der Waals surface area contributed by atoms with Gasteiger partial charge in [0.15, 0.2) is 5.96 Å². The quantitative estimate of drug-likeness (QED) is 0.617. The van der Waals surface area contributed by atoms with Gasteiger partial charge in [-0.2, -0.15) is 0 Å². The van der Waals surface area contributed by atoms with Gasteiger partial charge >= 0.3 is 0 Å². The summed E-state index contributed by atoms with van der Waals surface area (Å²) in [5.74, 6) is 1.84. The molecule has 0 spiro atoms. The van der Waals surface area contributed by atoms with Crippen molar-refractivity contribution in [1.82, 2.24) is 4.98 Å². The third-order valence-electron chi connectivity index (χ3n) is 3.96. The van der Waals surface area contributed by atoms with Crippen LogP contribution in [0.25, 0.3) is 0 Å². The van der Waals surface area contributed by atoms with E-state index in [9.17, 15) is 0 Å². The average molecular weight is 376 g/mol. The van der Waals surface area contributed by atoms with Gasteiger partial charge in [0.1, 0.15) is 11.6 Å². The highest BCUT2D eigenvalue weighted by atomic mass is 35.5. The van der Waals surface area contributed by atoms with Gasteiger partial charge in [0, 0.05) is 18.8 Å². The fourth-order valence-electron chi connectivity index (χ4n) is 2.62. The summed E-state index contributed by atoms with van der Waals surface area (Å²) in [7, 11) is 1.57. The molecule has 1 aliphatic heterocycles. The molecule has 1 saturated heterocycles. The number of hydrogen-bond acceptors (Lipinski definition) is 5. The zero-order chi connectivity index (χ0) is 18.4. The lowest BCUT2D eigenvalue weighted by Crippen LogP contribution is -2.36. The van der Waals surface area contributed by atoms with Crippen molar-refractivity contribution in [2.75, 3.05) is 43.6 Å². The third kappa shape index (κ3) is 4.77. The molecule has 2 heterocycles. The molecule has 1 aromatic heterocycles. The number of rotatable bonds is 5. The predicted octanol–water partition coefficient (Wildman–Crippen LogP) is 2.51. The topological polar surface area (TPSA) is 85.0 Å². The van der Waals surface area contributed by atoms with E-state index in [0.717, 1.165) is 43.5 Å². The number of anilines is 2. The molecule has 138 valence electrons. The molecular weight excluding hydrogens is 354 g/mol. The number of morpholine rings is 1. The number of pyridine rings is 1. The van der Waals surface area contributed by atoms with Crippen molar-refractivity contribution < 1.29 is 9.47 Å². The molecule has 7 nitrogen and oxygen atoms in total. The summed E-state index contributed by atoms with van der Waals surface area (Å²) in [6.07, 6.45) is 0. The monoisotopic (exact) mass is 375 g/mol. The summed E-state index contributed by atoms with van der Waals surface area (Å²) in [6, 6.07) is 11.2. The van der Waals surface area contributed by atoms with Gasteiger partial charge in [0.25, 0.3) is 0 Å². The molecule has 26 heavy (non-hydrogen) atoms. The van der Waals surface area contributed by atoms with E-state index in [2.05, 4.69) is 20.2 Å². The van der Waals surface area contributed by atoms with E-state index in [1.807, 2.05) is 24.3 Å². The molecule has 0 unspecified atom stereocenters. The molecule has 0 aliphatic carbocycles. The lowest BCUT2D eigenvalue weighted by atomic mass is 10.3. The van der Waals surface area contributed by atoms with Gasteiger partial charge in [0.05, 0.1) is 37.6 Å². The molecule has 0 radical (unpaired) electrons. The summed E-state index contributed by atoms with van der Waals surface area (Å²) in [4.78, 5) is 11.2. The maximum absolute atomic E-state index is 6.11. The van der Waals surface area contributed by atoms with Crippen LogP contribution in [0.2, 0.25) is 5.02 Å². The second-order valence-corrected chi connectivity index (χ2v) is 6.17. The van der Waals surface area contributed by atoms with Crippen LogP contribution in [0.5, 0.6) is 5.75 Å². The number of nitrogens with two attached hydrogens (primary N) is 1. The van der Waals surface area contributed by atoms with Gasteiger partial charge in [-0.25, -0.2) is 9.98 Å². The summed E-state index contributed by atoms with van der Waals surface area (Å²) in [5.41, 5.74) is 7.56. The summed E-state index contributed by atoms with van der Waals surface area (Å²) >= 11 is 6.11. The molecule has 0 bridgehead atoms. The number of hydrogen-bond donors (Lipinski definition) is 2. The second kappa shape index (κ2) is 8.73. The van der Waals surface area contributed by atoms with Crippen molar-refractivity contribution in [3.05, 3.63) is 47.1 Å². The van der Waals surface area contributed by atoms with Crippen LogP contribution in [-0.2, 0) is 11.3 Å². The molecule has 8 heteroatoms. The molecule has 0 saturated carbocycles.